The molecule has 0 fully saturated rings. The highest BCUT2D eigenvalue weighted by atomic mass is 16.5. The maximum absolute atomic E-state index is 5.13. The van der Waals surface area contributed by atoms with E-state index in [9.17, 15) is 0 Å². The van der Waals surface area contributed by atoms with E-state index in [-0.39, 0.29) is 0 Å². The minimum Gasteiger partial charge on any atom is -0.497 e. The molecular weight excluding hydrogens is 286 g/mol. The van der Waals surface area contributed by atoms with E-state index in [4.69, 9.17) is 4.74 Å². The number of nitrogens with zero attached hydrogens (tertiary/aromatic N) is 2. The summed E-state index contributed by atoms with van der Waals surface area (Å²) < 4.78 is 5.13. The van der Waals surface area contributed by atoms with Gasteiger partial charge in [-0.3, -0.25) is 10.4 Å². The second-order valence-corrected chi connectivity index (χ2v) is 5.16. The molecule has 0 aromatic heterocycles. The van der Waals surface area contributed by atoms with Gasteiger partial charge in [0.1, 0.15) is 11.6 Å². The summed E-state index contributed by atoms with van der Waals surface area (Å²) in [5.74, 6) is 1.69. The number of nitrogens with one attached hydrogen (secondary N) is 1. The predicted octanol–water partition coefficient (Wildman–Crippen LogP) is 3.29. The van der Waals surface area contributed by atoms with Gasteiger partial charge in [0.05, 0.1) is 7.11 Å². The molecule has 0 radical (unpaired) electrons. The van der Waals surface area contributed by atoms with Crippen LogP contribution in [0.25, 0.3) is 6.08 Å². The normalized spacial score (nSPS) is 13.9. The summed E-state index contributed by atoms with van der Waals surface area (Å²) in [7, 11) is 1.66. The molecule has 2 aromatic carbocycles. The van der Waals surface area contributed by atoms with E-state index in [1.54, 1.807) is 13.3 Å². The zero-order chi connectivity index (χ0) is 15.9. The van der Waals surface area contributed by atoms with Crippen LogP contribution in [0.3, 0.4) is 0 Å². The van der Waals surface area contributed by atoms with Crippen molar-refractivity contribution < 1.29 is 4.74 Å². The molecule has 1 heterocycles. The Morgan fingerprint density at radius 3 is 2.78 bits per heavy atom. The molecule has 0 unspecified atom stereocenters. The van der Waals surface area contributed by atoms with E-state index in [0.717, 1.165) is 35.7 Å². The monoisotopic (exact) mass is 305 g/mol. The number of ether oxygens (including phenoxy) is 1. The molecule has 0 spiro atoms. The van der Waals surface area contributed by atoms with Gasteiger partial charge in [-0.05, 0) is 35.8 Å². The third-order valence-corrected chi connectivity index (χ3v) is 3.66. The molecule has 4 nitrogen and oxygen atoms in total. The predicted molar refractivity (Wildman–Crippen MR) is 95.2 cm³/mol. The zero-order valence-corrected chi connectivity index (χ0v) is 13.1. The number of allylic oxidation sites excluding steroid dienone is 1. The topological polar surface area (TPSA) is 46.0 Å². The lowest BCUT2D eigenvalue weighted by atomic mass is 10.0. The van der Waals surface area contributed by atoms with Crippen LogP contribution in [0.5, 0.6) is 5.75 Å². The van der Waals surface area contributed by atoms with Gasteiger partial charge in [-0.2, -0.15) is 5.10 Å². The fourth-order valence-corrected chi connectivity index (χ4v) is 2.45. The summed E-state index contributed by atoms with van der Waals surface area (Å²) in [5.41, 5.74) is 6.57. The van der Waals surface area contributed by atoms with Crippen LogP contribution in [0.1, 0.15) is 16.7 Å². The van der Waals surface area contributed by atoms with Crippen LogP contribution in [-0.2, 0) is 6.42 Å². The highest BCUT2D eigenvalue weighted by molar-refractivity contribution is 6.01. The van der Waals surface area contributed by atoms with E-state index < -0.39 is 0 Å². The van der Waals surface area contributed by atoms with Gasteiger partial charge >= 0.3 is 0 Å². The molecule has 2 aromatic rings. The Hall–Kier alpha value is -2.88. The summed E-state index contributed by atoms with van der Waals surface area (Å²) in [6.45, 7) is 0.802. The molecular formula is C19H19N3O. The van der Waals surface area contributed by atoms with E-state index in [1.807, 2.05) is 42.5 Å². The number of aliphatic imine (C=N–C) groups is 1. The number of methoxy groups -OCH3 is 1. The van der Waals surface area contributed by atoms with Gasteiger partial charge in [0.25, 0.3) is 0 Å². The van der Waals surface area contributed by atoms with Gasteiger partial charge in [-0.1, -0.05) is 42.5 Å². The fraction of sp³-hybridized carbons (Fsp3) is 0.158. The van der Waals surface area contributed by atoms with Crippen molar-refractivity contribution in [2.75, 3.05) is 13.7 Å². The lowest BCUT2D eigenvalue weighted by Gasteiger charge is -2.15. The zero-order valence-electron chi connectivity index (χ0n) is 13.1. The maximum Gasteiger partial charge on any atom is 0.149 e. The minimum atomic E-state index is 0.802. The van der Waals surface area contributed by atoms with Crippen molar-refractivity contribution in [1.29, 1.82) is 0 Å². The smallest absolute Gasteiger partial charge is 0.149 e. The van der Waals surface area contributed by atoms with Crippen molar-refractivity contribution in [3.05, 3.63) is 71.3 Å². The first-order valence-electron chi connectivity index (χ1n) is 7.59. The van der Waals surface area contributed by atoms with Crippen LogP contribution in [0.4, 0.5) is 0 Å². The van der Waals surface area contributed by atoms with Crippen molar-refractivity contribution in [3.8, 4) is 5.75 Å². The number of hydrogen-bond acceptors (Lipinski definition) is 4. The van der Waals surface area contributed by atoms with Gasteiger partial charge in [-0.15, -0.1) is 0 Å². The number of amidine groups is 1. The molecule has 0 saturated heterocycles. The molecule has 3 rings (SSSR count). The average Bonchev–Trinajstić information content (AvgIpc) is 2.62. The van der Waals surface area contributed by atoms with Crippen molar-refractivity contribution in [2.45, 2.75) is 6.42 Å². The largest absolute Gasteiger partial charge is 0.497 e. The van der Waals surface area contributed by atoms with Crippen molar-refractivity contribution in [1.82, 2.24) is 5.43 Å². The summed E-state index contributed by atoms with van der Waals surface area (Å²) in [4.78, 5) is 4.50. The first-order valence-corrected chi connectivity index (χ1v) is 7.59. The number of hydrazone groups is 1. The minimum absolute atomic E-state index is 0.802. The standard InChI is InChI=1S/C19H19N3O/c1-23-17-10-8-15(9-11-17)5-4-13-21-22-19-18-7-3-2-6-16(18)12-14-20-19/h2-11,13H,12,14H2,1H3,(H,20,22). The maximum atomic E-state index is 5.13. The fourth-order valence-electron chi connectivity index (χ4n) is 2.45. The number of hydrogen-bond donors (Lipinski definition) is 1. The van der Waals surface area contributed by atoms with Crippen LogP contribution >= 0.6 is 0 Å². The first-order chi connectivity index (χ1) is 11.4. The van der Waals surface area contributed by atoms with Crippen LogP contribution in [0, 0.1) is 0 Å². The Morgan fingerprint density at radius 1 is 1.13 bits per heavy atom. The lowest BCUT2D eigenvalue weighted by Crippen LogP contribution is -2.24. The number of benzene rings is 2. The highest BCUT2D eigenvalue weighted by Crippen LogP contribution is 2.14. The third kappa shape index (κ3) is 3.86. The molecule has 1 N–H and O–H groups in total. The average molecular weight is 305 g/mol. The second-order valence-electron chi connectivity index (χ2n) is 5.16. The SMILES string of the molecule is COc1ccc(C=CC=NNC2=NCCc3ccccc32)cc1. The molecule has 0 amide bonds. The van der Waals surface area contributed by atoms with Crippen LogP contribution in [0.2, 0.25) is 0 Å². The molecule has 1 aliphatic heterocycles. The molecule has 1 aliphatic rings. The number of fused-ring (bicyclic) bond motifs is 1. The van der Waals surface area contributed by atoms with Gasteiger partial charge in [0.2, 0.25) is 0 Å². The van der Waals surface area contributed by atoms with E-state index in [2.05, 4.69) is 33.7 Å². The Labute approximate surface area is 136 Å². The Balaban J connectivity index is 1.59. The van der Waals surface area contributed by atoms with Gasteiger partial charge < -0.3 is 4.74 Å². The second kappa shape index (κ2) is 7.40. The van der Waals surface area contributed by atoms with E-state index in [0.29, 0.717) is 0 Å². The van der Waals surface area contributed by atoms with Crippen molar-refractivity contribution >= 4 is 18.1 Å². The lowest BCUT2D eigenvalue weighted by molar-refractivity contribution is 0.415. The molecule has 0 aliphatic carbocycles. The van der Waals surface area contributed by atoms with Crippen molar-refractivity contribution in [3.63, 3.8) is 0 Å². The molecule has 0 bridgehead atoms. The van der Waals surface area contributed by atoms with Gasteiger partial charge in [-0.25, -0.2) is 0 Å². The Kier molecular flexibility index (Phi) is 4.84. The van der Waals surface area contributed by atoms with Crippen molar-refractivity contribution in [2.24, 2.45) is 10.1 Å². The molecule has 4 heteroatoms. The van der Waals surface area contributed by atoms with Crippen LogP contribution in [-0.4, -0.2) is 25.7 Å². The van der Waals surface area contributed by atoms with E-state index >= 15 is 0 Å². The summed E-state index contributed by atoms with van der Waals surface area (Å²) >= 11 is 0. The summed E-state index contributed by atoms with van der Waals surface area (Å²) in [5, 5.41) is 4.23. The molecule has 0 saturated carbocycles. The van der Waals surface area contributed by atoms with Crippen LogP contribution < -0.4 is 10.2 Å². The quantitative estimate of drug-likeness (QED) is 0.696. The Morgan fingerprint density at radius 2 is 1.96 bits per heavy atom. The molecule has 23 heavy (non-hydrogen) atoms. The first kappa shape index (κ1) is 15.0. The summed E-state index contributed by atoms with van der Waals surface area (Å²) in [6.07, 6.45) is 6.59. The third-order valence-electron chi connectivity index (χ3n) is 3.66. The summed E-state index contributed by atoms with van der Waals surface area (Å²) in [6, 6.07) is 16.2. The number of rotatable bonds is 4. The van der Waals surface area contributed by atoms with Crippen LogP contribution in [0.15, 0.2) is 64.7 Å². The Bertz CT molecular complexity index is 745. The molecule has 116 valence electrons. The molecule has 0 atom stereocenters. The van der Waals surface area contributed by atoms with E-state index in [1.165, 1.54) is 5.56 Å². The van der Waals surface area contributed by atoms with Gasteiger partial charge in [0.15, 0.2) is 0 Å². The highest BCUT2D eigenvalue weighted by Gasteiger charge is 2.11. The van der Waals surface area contributed by atoms with Gasteiger partial charge in [0, 0.05) is 18.3 Å².